The molecule has 1 aliphatic heterocycles. The summed E-state index contributed by atoms with van der Waals surface area (Å²) in [7, 11) is 0. The zero-order chi connectivity index (χ0) is 11.5. The van der Waals surface area contributed by atoms with Crippen LogP contribution >= 0.6 is 0 Å². The van der Waals surface area contributed by atoms with Gasteiger partial charge in [0.1, 0.15) is 0 Å². The van der Waals surface area contributed by atoms with E-state index in [-0.39, 0.29) is 11.9 Å². The molecule has 1 aliphatic rings. The Labute approximate surface area is 92.2 Å². The predicted molar refractivity (Wildman–Crippen MR) is 61.3 cm³/mol. The van der Waals surface area contributed by atoms with E-state index >= 15 is 0 Å². The van der Waals surface area contributed by atoms with Crippen molar-refractivity contribution in [1.82, 2.24) is 10.2 Å². The van der Waals surface area contributed by atoms with Crippen molar-refractivity contribution in [2.45, 2.75) is 45.2 Å². The van der Waals surface area contributed by atoms with E-state index in [0.717, 1.165) is 25.9 Å². The van der Waals surface area contributed by atoms with Crippen LogP contribution in [0, 0.1) is 12.3 Å². The molecule has 3 heteroatoms. The summed E-state index contributed by atoms with van der Waals surface area (Å²) in [6.45, 7) is 7.46. The van der Waals surface area contributed by atoms with Gasteiger partial charge in [-0.1, -0.05) is 5.92 Å². The number of nitrogens with one attached hydrogen (secondary N) is 1. The van der Waals surface area contributed by atoms with Gasteiger partial charge in [-0.15, -0.1) is 6.42 Å². The van der Waals surface area contributed by atoms with E-state index < -0.39 is 5.54 Å². The van der Waals surface area contributed by atoms with Gasteiger partial charge in [0, 0.05) is 13.1 Å². The van der Waals surface area contributed by atoms with Crippen molar-refractivity contribution in [1.29, 1.82) is 0 Å². The predicted octanol–water partition coefficient (Wildman–Crippen LogP) is 0.999. The molecule has 15 heavy (non-hydrogen) atoms. The zero-order valence-electron chi connectivity index (χ0n) is 9.84. The SMILES string of the molecule is C#CC(C)(C)NC(C)C(=O)N1CCCC1. The van der Waals surface area contributed by atoms with Crippen molar-refractivity contribution in [2.24, 2.45) is 0 Å². The van der Waals surface area contributed by atoms with Crippen LogP contribution in [0.3, 0.4) is 0 Å². The summed E-state index contributed by atoms with van der Waals surface area (Å²) in [5.41, 5.74) is -0.422. The third-order valence-corrected chi connectivity index (χ3v) is 2.73. The fourth-order valence-corrected chi connectivity index (χ4v) is 1.86. The first-order valence-electron chi connectivity index (χ1n) is 5.50. The average Bonchev–Trinajstić information content (AvgIpc) is 2.68. The van der Waals surface area contributed by atoms with Crippen molar-refractivity contribution in [3.63, 3.8) is 0 Å². The highest BCUT2D eigenvalue weighted by atomic mass is 16.2. The third kappa shape index (κ3) is 3.24. The van der Waals surface area contributed by atoms with Crippen LogP contribution in [0.1, 0.15) is 33.6 Å². The van der Waals surface area contributed by atoms with E-state index in [0.29, 0.717) is 0 Å². The second-order valence-electron chi connectivity index (χ2n) is 4.67. The Morgan fingerprint density at radius 2 is 2.00 bits per heavy atom. The van der Waals surface area contributed by atoms with Gasteiger partial charge in [-0.3, -0.25) is 10.1 Å². The second-order valence-corrected chi connectivity index (χ2v) is 4.67. The summed E-state index contributed by atoms with van der Waals surface area (Å²) < 4.78 is 0. The van der Waals surface area contributed by atoms with Gasteiger partial charge in [0.2, 0.25) is 5.91 Å². The number of hydrogen-bond donors (Lipinski definition) is 1. The van der Waals surface area contributed by atoms with E-state index in [2.05, 4.69) is 11.2 Å². The number of amides is 1. The summed E-state index contributed by atoms with van der Waals surface area (Å²) in [6, 6.07) is -0.200. The van der Waals surface area contributed by atoms with Crippen LogP contribution in [-0.4, -0.2) is 35.5 Å². The number of rotatable bonds is 3. The van der Waals surface area contributed by atoms with Crippen molar-refractivity contribution in [3.05, 3.63) is 0 Å². The molecule has 0 saturated carbocycles. The maximum Gasteiger partial charge on any atom is 0.239 e. The Balaban J connectivity index is 2.50. The Morgan fingerprint density at radius 1 is 1.47 bits per heavy atom. The van der Waals surface area contributed by atoms with Crippen LogP contribution in [0.2, 0.25) is 0 Å². The summed E-state index contributed by atoms with van der Waals surface area (Å²) in [5, 5.41) is 3.16. The first-order chi connectivity index (χ1) is 6.96. The monoisotopic (exact) mass is 208 g/mol. The van der Waals surface area contributed by atoms with Gasteiger partial charge < -0.3 is 4.90 Å². The second kappa shape index (κ2) is 4.67. The van der Waals surface area contributed by atoms with Gasteiger partial charge in [0.25, 0.3) is 0 Å². The largest absolute Gasteiger partial charge is 0.341 e. The van der Waals surface area contributed by atoms with Crippen LogP contribution < -0.4 is 5.32 Å². The van der Waals surface area contributed by atoms with Gasteiger partial charge in [-0.25, -0.2) is 0 Å². The lowest BCUT2D eigenvalue weighted by Gasteiger charge is -2.27. The molecule has 1 atom stereocenters. The van der Waals surface area contributed by atoms with Crippen LogP contribution in [-0.2, 0) is 4.79 Å². The standard InChI is InChI=1S/C12H20N2O/c1-5-12(3,4)13-10(2)11(15)14-8-6-7-9-14/h1,10,13H,6-9H2,2-4H3. The number of terminal acetylenes is 1. The zero-order valence-corrected chi connectivity index (χ0v) is 9.84. The first kappa shape index (κ1) is 12.1. The van der Waals surface area contributed by atoms with Crippen molar-refractivity contribution in [2.75, 3.05) is 13.1 Å². The topological polar surface area (TPSA) is 32.3 Å². The Morgan fingerprint density at radius 3 is 2.47 bits per heavy atom. The van der Waals surface area contributed by atoms with E-state index in [1.807, 2.05) is 25.7 Å². The molecule has 0 aromatic heterocycles. The molecule has 0 aliphatic carbocycles. The molecule has 1 N–H and O–H groups in total. The van der Waals surface area contributed by atoms with Gasteiger partial charge >= 0.3 is 0 Å². The number of hydrogen-bond acceptors (Lipinski definition) is 2. The molecule has 1 heterocycles. The number of carbonyl (C=O) groups excluding carboxylic acids is 1. The maximum absolute atomic E-state index is 11.9. The third-order valence-electron chi connectivity index (χ3n) is 2.73. The van der Waals surface area contributed by atoms with Crippen LogP contribution in [0.4, 0.5) is 0 Å². The molecule has 1 saturated heterocycles. The van der Waals surface area contributed by atoms with Crippen molar-refractivity contribution >= 4 is 5.91 Å². The molecule has 84 valence electrons. The molecule has 0 aromatic rings. The molecule has 1 amide bonds. The minimum Gasteiger partial charge on any atom is -0.341 e. The molecule has 3 nitrogen and oxygen atoms in total. The molecule has 1 rings (SSSR count). The van der Waals surface area contributed by atoms with E-state index in [1.165, 1.54) is 0 Å². The minimum atomic E-state index is -0.422. The highest BCUT2D eigenvalue weighted by Crippen LogP contribution is 2.10. The van der Waals surface area contributed by atoms with E-state index in [4.69, 9.17) is 6.42 Å². The van der Waals surface area contributed by atoms with Gasteiger partial charge in [-0.05, 0) is 33.6 Å². The lowest BCUT2D eigenvalue weighted by Crippen LogP contribution is -2.51. The van der Waals surface area contributed by atoms with Gasteiger partial charge in [0.05, 0.1) is 11.6 Å². The first-order valence-corrected chi connectivity index (χ1v) is 5.50. The fraction of sp³-hybridized carbons (Fsp3) is 0.750. The summed E-state index contributed by atoms with van der Waals surface area (Å²) >= 11 is 0. The molecule has 0 radical (unpaired) electrons. The molecule has 0 aromatic carbocycles. The number of likely N-dealkylation sites (tertiary alicyclic amines) is 1. The highest BCUT2D eigenvalue weighted by molar-refractivity contribution is 5.81. The lowest BCUT2D eigenvalue weighted by atomic mass is 10.1. The molecular formula is C12H20N2O. The summed E-state index contributed by atoms with van der Waals surface area (Å²) in [5.74, 6) is 2.80. The van der Waals surface area contributed by atoms with Crippen LogP contribution in [0.5, 0.6) is 0 Å². The Hall–Kier alpha value is -1.01. The Kier molecular flexibility index (Phi) is 3.76. The summed E-state index contributed by atoms with van der Waals surface area (Å²) in [4.78, 5) is 13.8. The minimum absolute atomic E-state index is 0.163. The number of carbonyl (C=O) groups is 1. The van der Waals surface area contributed by atoms with E-state index in [9.17, 15) is 4.79 Å². The molecular weight excluding hydrogens is 188 g/mol. The van der Waals surface area contributed by atoms with Crippen molar-refractivity contribution < 1.29 is 4.79 Å². The quantitative estimate of drug-likeness (QED) is 0.702. The molecule has 0 bridgehead atoms. The highest BCUT2D eigenvalue weighted by Gasteiger charge is 2.26. The summed E-state index contributed by atoms with van der Waals surface area (Å²) in [6.07, 6.45) is 7.61. The van der Waals surface area contributed by atoms with Crippen LogP contribution in [0.25, 0.3) is 0 Å². The van der Waals surface area contributed by atoms with Gasteiger partial charge in [0.15, 0.2) is 0 Å². The van der Waals surface area contributed by atoms with Gasteiger partial charge in [-0.2, -0.15) is 0 Å². The van der Waals surface area contributed by atoms with Crippen molar-refractivity contribution in [3.8, 4) is 12.3 Å². The van der Waals surface area contributed by atoms with Crippen LogP contribution in [0.15, 0.2) is 0 Å². The van der Waals surface area contributed by atoms with E-state index in [1.54, 1.807) is 0 Å². The Bertz CT molecular complexity index is 272. The number of nitrogens with zero attached hydrogens (tertiary/aromatic N) is 1. The fourth-order valence-electron chi connectivity index (χ4n) is 1.86. The average molecular weight is 208 g/mol. The molecule has 1 unspecified atom stereocenters. The normalized spacial score (nSPS) is 18.7. The lowest BCUT2D eigenvalue weighted by molar-refractivity contribution is -0.132. The maximum atomic E-state index is 11.9. The molecule has 1 fully saturated rings. The molecule has 0 spiro atoms. The smallest absolute Gasteiger partial charge is 0.239 e.